The Balaban J connectivity index is 2.57. The second-order valence-corrected chi connectivity index (χ2v) is 2.62. The summed E-state index contributed by atoms with van der Waals surface area (Å²) in [4.78, 5) is 11.8. The Hall–Kier alpha value is -1.04. The van der Waals surface area contributed by atoms with Crippen molar-refractivity contribution < 1.29 is 9.53 Å². The third-order valence-corrected chi connectivity index (χ3v) is 1.35. The highest BCUT2D eigenvalue weighted by molar-refractivity contribution is 9.10. The molecule has 6 heteroatoms. The largest absolute Gasteiger partial charge is 0.452 e. The van der Waals surface area contributed by atoms with Crippen molar-refractivity contribution in [2.24, 2.45) is 0 Å². The van der Waals surface area contributed by atoms with Gasteiger partial charge in [0.05, 0.1) is 24.0 Å². The van der Waals surface area contributed by atoms with Gasteiger partial charge in [-0.05, 0) is 15.9 Å². The van der Waals surface area contributed by atoms with E-state index in [0.717, 1.165) is 4.47 Å². The second kappa shape index (κ2) is 3.38. The summed E-state index contributed by atoms with van der Waals surface area (Å²) in [5, 5.41) is 3.76. The summed E-state index contributed by atoms with van der Waals surface area (Å²) in [7, 11) is 1.29. The average molecular weight is 220 g/mol. The van der Waals surface area contributed by atoms with Gasteiger partial charge in [-0.3, -0.25) is 0 Å². The molecule has 0 spiro atoms. The van der Waals surface area contributed by atoms with Gasteiger partial charge in [0.25, 0.3) is 0 Å². The van der Waals surface area contributed by atoms with E-state index in [-0.39, 0.29) is 0 Å². The molecule has 0 aliphatic rings. The maximum absolute atomic E-state index is 10.6. The van der Waals surface area contributed by atoms with Crippen LogP contribution in [-0.2, 0) is 4.74 Å². The van der Waals surface area contributed by atoms with Crippen LogP contribution in [-0.4, -0.2) is 23.1 Å². The Kier molecular flexibility index (Phi) is 2.48. The maximum Gasteiger partial charge on any atom is 0.427 e. The van der Waals surface area contributed by atoms with Crippen LogP contribution in [0.2, 0.25) is 0 Å². The first-order valence-corrected chi connectivity index (χ1v) is 3.57. The molecule has 0 aliphatic carbocycles. The van der Waals surface area contributed by atoms with E-state index < -0.39 is 6.09 Å². The van der Waals surface area contributed by atoms with E-state index in [1.807, 2.05) is 0 Å². The van der Waals surface area contributed by atoms with Crippen molar-refractivity contribution in [2.45, 2.75) is 0 Å². The van der Waals surface area contributed by atoms with Gasteiger partial charge in [-0.25, -0.2) is 10.2 Å². The molecule has 0 fully saturated rings. The number of nitrogens with one attached hydrogen (secondary N) is 1. The Morgan fingerprint density at radius 1 is 1.91 bits per heavy atom. The highest BCUT2D eigenvalue weighted by atomic mass is 79.9. The van der Waals surface area contributed by atoms with E-state index >= 15 is 0 Å². The van der Waals surface area contributed by atoms with E-state index in [9.17, 15) is 4.79 Å². The lowest BCUT2D eigenvalue weighted by Gasteiger charge is -2.00. The molecule has 1 heterocycles. The minimum atomic E-state index is -0.555. The van der Waals surface area contributed by atoms with E-state index in [1.165, 1.54) is 11.9 Å². The average Bonchev–Trinajstić information content (AvgIpc) is 2.35. The second-order valence-electron chi connectivity index (χ2n) is 1.71. The quantitative estimate of drug-likeness (QED) is 0.766. The number of carbonyl (C=O) groups is 1. The standard InChI is InChI=1S/C5H6BrN3O2/c1-11-5(10)8-9-3-4(6)2-7-9/h2-3H,1H3,(H,8,10). The zero-order chi connectivity index (χ0) is 8.27. The Labute approximate surface area is 71.4 Å². The van der Waals surface area contributed by atoms with Crippen LogP contribution in [0, 0.1) is 0 Å². The summed E-state index contributed by atoms with van der Waals surface area (Å²) in [5.41, 5.74) is 2.33. The van der Waals surface area contributed by atoms with Gasteiger partial charge in [-0.1, -0.05) is 0 Å². The fraction of sp³-hybridized carbons (Fsp3) is 0.200. The number of halogens is 1. The van der Waals surface area contributed by atoms with Crippen molar-refractivity contribution in [2.75, 3.05) is 12.5 Å². The van der Waals surface area contributed by atoms with Crippen molar-refractivity contribution >= 4 is 22.0 Å². The van der Waals surface area contributed by atoms with Gasteiger partial charge in [-0.2, -0.15) is 9.89 Å². The molecule has 5 nitrogen and oxygen atoms in total. The first-order valence-electron chi connectivity index (χ1n) is 2.77. The van der Waals surface area contributed by atoms with Crippen LogP contribution in [0.15, 0.2) is 16.9 Å². The van der Waals surface area contributed by atoms with E-state index in [4.69, 9.17) is 0 Å². The van der Waals surface area contributed by atoms with Crippen LogP contribution in [0.5, 0.6) is 0 Å². The van der Waals surface area contributed by atoms with Crippen molar-refractivity contribution in [3.63, 3.8) is 0 Å². The smallest absolute Gasteiger partial charge is 0.427 e. The monoisotopic (exact) mass is 219 g/mol. The fourth-order valence-corrected chi connectivity index (χ4v) is 0.787. The summed E-state index contributed by atoms with van der Waals surface area (Å²) in [5.74, 6) is 0. The van der Waals surface area contributed by atoms with Crippen molar-refractivity contribution in [3.05, 3.63) is 16.9 Å². The van der Waals surface area contributed by atoms with Gasteiger partial charge in [0.1, 0.15) is 0 Å². The van der Waals surface area contributed by atoms with E-state index in [0.29, 0.717) is 0 Å². The first-order chi connectivity index (χ1) is 5.22. The molecule has 11 heavy (non-hydrogen) atoms. The molecule has 0 aromatic carbocycles. The number of rotatable bonds is 1. The minimum Gasteiger partial charge on any atom is -0.452 e. The number of hydrogen-bond acceptors (Lipinski definition) is 3. The van der Waals surface area contributed by atoms with Crippen molar-refractivity contribution in [3.8, 4) is 0 Å². The molecular formula is C5H6BrN3O2. The van der Waals surface area contributed by atoms with Gasteiger partial charge >= 0.3 is 6.09 Å². The van der Waals surface area contributed by atoms with Crippen LogP contribution < -0.4 is 5.43 Å². The van der Waals surface area contributed by atoms with E-state index in [2.05, 4.69) is 31.2 Å². The third-order valence-electron chi connectivity index (χ3n) is 0.942. The molecule has 1 aromatic heterocycles. The summed E-state index contributed by atoms with van der Waals surface area (Å²) < 4.78 is 5.12. The number of methoxy groups -OCH3 is 1. The van der Waals surface area contributed by atoms with Crippen LogP contribution in [0.3, 0.4) is 0 Å². The lowest BCUT2D eigenvalue weighted by molar-refractivity contribution is 0.182. The Morgan fingerprint density at radius 3 is 3.09 bits per heavy atom. The predicted molar refractivity (Wildman–Crippen MR) is 41.7 cm³/mol. The maximum atomic E-state index is 10.6. The summed E-state index contributed by atoms with van der Waals surface area (Å²) in [6, 6.07) is 0. The Morgan fingerprint density at radius 2 is 2.64 bits per heavy atom. The molecule has 0 atom stereocenters. The lowest BCUT2D eigenvalue weighted by atomic mass is 10.8. The molecule has 0 radical (unpaired) electrons. The molecule has 0 bridgehead atoms. The van der Waals surface area contributed by atoms with Gasteiger partial charge in [0.2, 0.25) is 0 Å². The third kappa shape index (κ3) is 2.23. The van der Waals surface area contributed by atoms with Gasteiger partial charge < -0.3 is 4.74 Å². The van der Waals surface area contributed by atoms with Crippen LogP contribution in [0.1, 0.15) is 0 Å². The zero-order valence-electron chi connectivity index (χ0n) is 5.74. The van der Waals surface area contributed by atoms with Crippen LogP contribution >= 0.6 is 15.9 Å². The molecule has 1 amide bonds. The normalized spacial score (nSPS) is 9.27. The lowest BCUT2D eigenvalue weighted by Crippen LogP contribution is -2.22. The molecule has 0 unspecified atom stereocenters. The highest BCUT2D eigenvalue weighted by Gasteiger charge is 1.99. The molecule has 0 saturated heterocycles. The van der Waals surface area contributed by atoms with Gasteiger partial charge in [0.15, 0.2) is 0 Å². The summed E-state index contributed by atoms with van der Waals surface area (Å²) in [6.07, 6.45) is 2.59. The number of ether oxygens (including phenoxy) is 1. The van der Waals surface area contributed by atoms with Gasteiger partial charge in [-0.15, -0.1) is 0 Å². The van der Waals surface area contributed by atoms with Crippen molar-refractivity contribution in [1.82, 2.24) is 9.89 Å². The SMILES string of the molecule is COC(=O)Nn1cc(Br)cn1. The topological polar surface area (TPSA) is 56.1 Å². The highest BCUT2D eigenvalue weighted by Crippen LogP contribution is 2.04. The van der Waals surface area contributed by atoms with Crippen molar-refractivity contribution in [1.29, 1.82) is 0 Å². The predicted octanol–water partition coefficient (Wildman–Crippen LogP) is 0.955. The van der Waals surface area contributed by atoms with Gasteiger partial charge in [0, 0.05) is 0 Å². The summed E-state index contributed by atoms with van der Waals surface area (Å²) >= 11 is 3.17. The minimum absolute atomic E-state index is 0.555. The van der Waals surface area contributed by atoms with Crippen LogP contribution in [0.25, 0.3) is 0 Å². The number of carbonyl (C=O) groups excluding carboxylic acids is 1. The molecule has 1 N–H and O–H groups in total. The molecule has 60 valence electrons. The number of aromatic nitrogens is 2. The number of nitrogens with zero attached hydrogens (tertiary/aromatic N) is 2. The molecule has 1 aromatic rings. The number of hydrogen-bond donors (Lipinski definition) is 1. The molecule has 0 aliphatic heterocycles. The summed E-state index contributed by atoms with van der Waals surface area (Å²) in [6.45, 7) is 0. The number of amides is 1. The fourth-order valence-electron chi connectivity index (χ4n) is 0.501. The first kappa shape index (κ1) is 8.06. The van der Waals surface area contributed by atoms with E-state index in [1.54, 1.807) is 12.4 Å². The van der Waals surface area contributed by atoms with Crippen LogP contribution in [0.4, 0.5) is 4.79 Å². The molecule has 1 rings (SSSR count). The molecular weight excluding hydrogens is 214 g/mol. The zero-order valence-corrected chi connectivity index (χ0v) is 7.33. The Bertz CT molecular complexity index is 260. The molecule has 0 saturated carbocycles.